The third-order valence-electron chi connectivity index (χ3n) is 2.66. The molecule has 0 aromatic heterocycles. The van der Waals surface area contributed by atoms with Crippen molar-refractivity contribution in [3.05, 3.63) is 0 Å². The summed E-state index contributed by atoms with van der Waals surface area (Å²) >= 11 is 0. The maximum absolute atomic E-state index is 12.0. The number of amides is 1. The second-order valence-electron chi connectivity index (χ2n) is 4.00. The van der Waals surface area contributed by atoms with Crippen molar-refractivity contribution in [1.82, 2.24) is 4.90 Å². The number of carbonyl (C=O) groups excluding carboxylic acids is 1. The van der Waals surface area contributed by atoms with Crippen molar-refractivity contribution in [2.45, 2.75) is 25.4 Å². The van der Waals surface area contributed by atoms with E-state index in [1.807, 2.05) is 0 Å². The molecule has 1 atom stereocenters. The minimum atomic E-state index is -1.02. The van der Waals surface area contributed by atoms with Crippen LogP contribution >= 0.6 is 0 Å². The van der Waals surface area contributed by atoms with Crippen LogP contribution in [0.2, 0.25) is 0 Å². The fourth-order valence-electron chi connectivity index (χ4n) is 1.77. The molecule has 17 heavy (non-hydrogen) atoms. The summed E-state index contributed by atoms with van der Waals surface area (Å²) in [5.74, 6) is -1.27. The van der Waals surface area contributed by atoms with E-state index in [4.69, 9.17) is 14.6 Å². The van der Waals surface area contributed by atoms with Crippen LogP contribution in [-0.2, 0) is 19.1 Å². The first kappa shape index (κ1) is 13.9. The van der Waals surface area contributed by atoms with E-state index in [2.05, 4.69) is 0 Å². The van der Waals surface area contributed by atoms with Crippen LogP contribution in [0.15, 0.2) is 0 Å². The number of rotatable bonds is 6. The first-order valence-electron chi connectivity index (χ1n) is 5.76. The predicted molar refractivity (Wildman–Crippen MR) is 59.7 cm³/mol. The standard InChI is InChI=1S/C11H19NO5/c1-16-7-5-12(8-10(13)14)11(15)9-4-2-3-6-17-9/h9H,2-8H2,1H3,(H,13,14). The van der Waals surface area contributed by atoms with Crippen LogP contribution in [-0.4, -0.2) is 61.4 Å². The van der Waals surface area contributed by atoms with Gasteiger partial charge in [-0.1, -0.05) is 0 Å². The first-order chi connectivity index (χ1) is 8.15. The first-order valence-corrected chi connectivity index (χ1v) is 5.76. The highest BCUT2D eigenvalue weighted by Crippen LogP contribution is 2.15. The van der Waals surface area contributed by atoms with E-state index in [1.165, 1.54) is 12.0 Å². The molecule has 0 saturated carbocycles. The second kappa shape index (κ2) is 7.24. The van der Waals surface area contributed by atoms with Crippen LogP contribution in [0.5, 0.6) is 0 Å². The molecule has 0 spiro atoms. The summed E-state index contributed by atoms with van der Waals surface area (Å²) < 4.78 is 10.2. The average molecular weight is 245 g/mol. The lowest BCUT2D eigenvalue weighted by atomic mass is 10.1. The monoisotopic (exact) mass is 245 g/mol. The normalized spacial score (nSPS) is 19.9. The Morgan fingerprint density at radius 1 is 1.47 bits per heavy atom. The largest absolute Gasteiger partial charge is 0.480 e. The van der Waals surface area contributed by atoms with E-state index >= 15 is 0 Å². The zero-order valence-corrected chi connectivity index (χ0v) is 10.1. The smallest absolute Gasteiger partial charge is 0.323 e. The molecule has 6 heteroatoms. The van der Waals surface area contributed by atoms with Gasteiger partial charge in [0.15, 0.2) is 0 Å². The van der Waals surface area contributed by atoms with Crippen molar-refractivity contribution in [1.29, 1.82) is 0 Å². The Morgan fingerprint density at radius 3 is 2.76 bits per heavy atom. The highest BCUT2D eigenvalue weighted by Gasteiger charge is 2.27. The van der Waals surface area contributed by atoms with Gasteiger partial charge in [-0.05, 0) is 19.3 Å². The van der Waals surface area contributed by atoms with Crippen molar-refractivity contribution in [3.63, 3.8) is 0 Å². The van der Waals surface area contributed by atoms with Crippen molar-refractivity contribution in [2.24, 2.45) is 0 Å². The number of methoxy groups -OCH3 is 1. The fraction of sp³-hybridized carbons (Fsp3) is 0.818. The summed E-state index contributed by atoms with van der Waals surface area (Å²) in [5, 5.41) is 8.75. The number of carbonyl (C=O) groups is 2. The van der Waals surface area contributed by atoms with E-state index in [1.54, 1.807) is 0 Å². The summed E-state index contributed by atoms with van der Waals surface area (Å²) in [6, 6.07) is 0. The third kappa shape index (κ3) is 4.70. The third-order valence-corrected chi connectivity index (χ3v) is 2.66. The van der Waals surface area contributed by atoms with Crippen LogP contribution < -0.4 is 0 Å². The molecular weight excluding hydrogens is 226 g/mol. The number of hydrogen-bond acceptors (Lipinski definition) is 4. The lowest BCUT2D eigenvalue weighted by Crippen LogP contribution is -2.45. The molecular formula is C11H19NO5. The molecule has 98 valence electrons. The molecule has 1 N–H and O–H groups in total. The van der Waals surface area contributed by atoms with E-state index in [-0.39, 0.29) is 19.0 Å². The Bertz CT molecular complexity index is 263. The number of ether oxygens (including phenoxy) is 2. The molecule has 1 saturated heterocycles. The molecule has 0 aromatic carbocycles. The number of carboxylic acid groups (broad SMARTS) is 1. The van der Waals surface area contributed by atoms with E-state index in [0.717, 1.165) is 12.8 Å². The number of hydrogen-bond donors (Lipinski definition) is 1. The molecule has 1 aliphatic rings. The van der Waals surface area contributed by atoms with Crippen molar-refractivity contribution < 1.29 is 24.2 Å². The molecule has 1 heterocycles. The van der Waals surface area contributed by atoms with E-state index in [9.17, 15) is 9.59 Å². The fourth-order valence-corrected chi connectivity index (χ4v) is 1.77. The molecule has 1 unspecified atom stereocenters. The maximum atomic E-state index is 12.0. The molecule has 1 amide bonds. The Hall–Kier alpha value is -1.14. The molecule has 1 fully saturated rings. The predicted octanol–water partition coefficient (Wildman–Crippen LogP) is 0.115. The topological polar surface area (TPSA) is 76.1 Å². The van der Waals surface area contributed by atoms with Crippen LogP contribution in [0.3, 0.4) is 0 Å². The highest BCUT2D eigenvalue weighted by molar-refractivity contribution is 5.84. The van der Waals surface area contributed by atoms with Gasteiger partial charge in [-0.15, -0.1) is 0 Å². The molecule has 0 aromatic rings. The van der Waals surface area contributed by atoms with Gasteiger partial charge >= 0.3 is 5.97 Å². The van der Waals surface area contributed by atoms with E-state index < -0.39 is 12.1 Å². The Kier molecular flexibility index (Phi) is 5.93. The zero-order chi connectivity index (χ0) is 12.7. The van der Waals surface area contributed by atoms with Gasteiger partial charge in [-0.3, -0.25) is 9.59 Å². The van der Waals surface area contributed by atoms with Gasteiger partial charge in [-0.25, -0.2) is 0 Å². The van der Waals surface area contributed by atoms with Crippen LogP contribution in [0.4, 0.5) is 0 Å². The van der Waals surface area contributed by atoms with Crippen molar-refractivity contribution in [2.75, 3.05) is 33.4 Å². The maximum Gasteiger partial charge on any atom is 0.323 e. The average Bonchev–Trinajstić information content (AvgIpc) is 2.34. The zero-order valence-electron chi connectivity index (χ0n) is 10.1. The highest BCUT2D eigenvalue weighted by atomic mass is 16.5. The lowest BCUT2D eigenvalue weighted by Gasteiger charge is -2.28. The quantitative estimate of drug-likeness (QED) is 0.719. The van der Waals surface area contributed by atoms with E-state index in [0.29, 0.717) is 19.6 Å². The molecule has 6 nitrogen and oxygen atoms in total. The number of nitrogens with zero attached hydrogens (tertiary/aromatic N) is 1. The van der Waals surface area contributed by atoms with Gasteiger partial charge in [0.1, 0.15) is 12.6 Å². The summed E-state index contributed by atoms with van der Waals surface area (Å²) in [6.07, 6.45) is 2.09. The van der Waals surface area contributed by atoms with Gasteiger partial charge in [0.05, 0.1) is 6.61 Å². The summed E-state index contributed by atoms with van der Waals surface area (Å²) in [6.45, 7) is 0.872. The van der Waals surface area contributed by atoms with Gasteiger partial charge in [0, 0.05) is 20.3 Å². The Morgan fingerprint density at radius 2 is 2.24 bits per heavy atom. The molecule has 0 bridgehead atoms. The van der Waals surface area contributed by atoms with Gasteiger partial charge in [0.25, 0.3) is 5.91 Å². The molecule has 1 rings (SSSR count). The number of carboxylic acids is 1. The van der Waals surface area contributed by atoms with Crippen LogP contribution in [0.25, 0.3) is 0 Å². The van der Waals surface area contributed by atoms with Gasteiger partial charge < -0.3 is 19.5 Å². The van der Waals surface area contributed by atoms with Crippen molar-refractivity contribution >= 4 is 11.9 Å². The SMILES string of the molecule is COCCN(CC(=O)O)C(=O)C1CCCCO1. The molecule has 0 aliphatic carbocycles. The van der Waals surface area contributed by atoms with Crippen LogP contribution in [0, 0.1) is 0 Å². The van der Waals surface area contributed by atoms with Crippen molar-refractivity contribution in [3.8, 4) is 0 Å². The Labute approximate surface area is 100 Å². The second-order valence-corrected chi connectivity index (χ2v) is 4.00. The summed E-state index contributed by atoms with van der Waals surface area (Å²) in [4.78, 5) is 24.0. The minimum Gasteiger partial charge on any atom is -0.480 e. The molecule has 1 aliphatic heterocycles. The number of aliphatic carboxylic acids is 1. The summed E-state index contributed by atoms with van der Waals surface area (Å²) in [7, 11) is 1.51. The van der Waals surface area contributed by atoms with Crippen LogP contribution in [0.1, 0.15) is 19.3 Å². The van der Waals surface area contributed by atoms with Gasteiger partial charge in [-0.2, -0.15) is 0 Å². The van der Waals surface area contributed by atoms with Gasteiger partial charge in [0.2, 0.25) is 0 Å². The molecule has 0 radical (unpaired) electrons. The minimum absolute atomic E-state index is 0.246. The Balaban J connectivity index is 2.53. The summed E-state index contributed by atoms with van der Waals surface area (Å²) in [5.41, 5.74) is 0. The lowest BCUT2D eigenvalue weighted by molar-refractivity contribution is -0.153.